The van der Waals surface area contributed by atoms with Crippen LogP contribution in [-0.2, 0) is 10.1 Å². The van der Waals surface area contributed by atoms with Crippen LogP contribution in [0, 0.1) is 0 Å². The van der Waals surface area contributed by atoms with Crippen molar-refractivity contribution in [1.82, 2.24) is 0 Å². The Morgan fingerprint density at radius 1 is 1.67 bits per heavy atom. The zero-order valence-corrected chi connectivity index (χ0v) is 7.59. The van der Waals surface area contributed by atoms with Gasteiger partial charge in [0.1, 0.15) is 5.25 Å². The molecule has 0 radical (unpaired) electrons. The summed E-state index contributed by atoms with van der Waals surface area (Å²) in [5, 5.41) is -0.807. The molecule has 0 fully saturated rings. The number of nitrogens with two attached hydrogens (primary N) is 1. The number of rotatable bonds is 3. The van der Waals surface area contributed by atoms with Crippen molar-refractivity contribution in [2.45, 2.75) is 5.25 Å². The Morgan fingerprint density at radius 3 is 2.11 bits per heavy atom. The van der Waals surface area contributed by atoms with Crippen LogP contribution in [0.3, 0.4) is 0 Å². The van der Waals surface area contributed by atoms with E-state index in [1.165, 1.54) is 0 Å². The molecule has 0 saturated carbocycles. The molecule has 0 heterocycles. The van der Waals surface area contributed by atoms with Crippen LogP contribution in [0.25, 0.3) is 0 Å². The highest BCUT2D eigenvalue weighted by Gasteiger charge is 2.18. The lowest BCUT2D eigenvalue weighted by molar-refractivity contribution is 0.472. The lowest BCUT2D eigenvalue weighted by atomic mass is 10.5. The second-order valence-electron chi connectivity index (χ2n) is 1.53. The Labute approximate surface area is 67.7 Å². The molecule has 0 aromatic rings. The quantitative estimate of drug-likeness (QED) is 0.414. The average molecular weight is 265 g/mol. The highest BCUT2D eigenvalue weighted by molar-refractivity contribution is 14.1. The summed E-state index contributed by atoms with van der Waals surface area (Å²) >= 11 is 1.86. The molecule has 0 saturated heterocycles. The molecule has 4 nitrogen and oxygen atoms in total. The van der Waals surface area contributed by atoms with Gasteiger partial charge in [0.2, 0.25) is 0 Å². The summed E-state index contributed by atoms with van der Waals surface area (Å²) in [5.74, 6) is 0. The van der Waals surface area contributed by atoms with Crippen LogP contribution < -0.4 is 5.73 Å². The monoisotopic (exact) mass is 265 g/mol. The van der Waals surface area contributed by atoms with Crippen LogP contribution in [0.5, 0.6) is 0 Å². The van der Waals surface area contributed by atoms with Gasteiger partial charge in [0.25, 0.3) is 10.1 Å². The second kappa shape index (κ2) is 3.69. The molecule has 0 aliphatic heterocycles. The summed E-state index contributed by atoms with van der Waals surface area (Å²) < 4.78 is 29.2. The maximum Gasteiger partial charge on any atom is 0.269 e. The molecule has 6 heteroatoms. The van der Waals surface area contributed by atoms with E-state index in [2.05, 4.69) is 0 Å². The van der Waals surface area contributed by atoms with Gasteiger partial charge in [-0.2, -0.15) is 8.42 Å². The van der Waals surface area contributed by atoms with E-state index in [1.54, 1.807) is 0 Å². The fourth-order valence-electron chi connectivity index (χ4n) is 0.264. The summed E-state index contributed by atoms with van der Waals surface area (Å²) in [6.45, 7) is -0.0260. The molecule has 0 spiro atoms. The third-order valence-corrected chi connectivity index (χ3v) is 3.72. The van der Waals surface area contributed by atoms with Crippen molar-refractivity contribution in [1.29, 1.82) is 0 Å². The maximum atomic E-state index is 10.3. The third kappa shape index (κ3) is 3.33. The van der Waals surface area contributed by atoms with E-state index in [0.717, 1.165) is 0 Å². The standard InChI is InChI=1S/C3H8INO3S/c4-1-3(2-5)9(6,7)8/h3H,1-2,5H2,(H,6,7,8). The van der Waals surface area contributed by atoms with E-state index in [-0.39, 0.29) is 6.54 Å². The fourth-order valence-corrected chi connectivity index (χ4v) is 2.39. The summed E-state index contributed by atoms with van der Waals surface area (Å²) in [4.78, 5) is 0. The molecule has 1 unspecified atom stereocenters. The maximum absolute atomic E-state index is 10.3. The van der Waals surface area contributed by atoms with Crippen LogP contribution >= 0.6 is 22.6 Å². The van der Waals surface area contributed by atoms with E-state index in [0.29, 0.717) is 4.43 Å². The Kier molecular flexibility index (Phi) is 3.94. The van der Waals surface area contributed by atoms with Crippen LogP contribution in [0.4, 0.5) is 0 Å². The topological polar surface area (TPSA) is 80.4 Å². The second-order valence-corrected chi connectivity index (χ2v) is 4.10. The van der Waals surface area contributed by atoms with Crippen molar-refractivity contribution in [3.63, 3.8) is 0 Å². The van der Waals surface area contributed by atoms with Gasteiger partial charge in [-0.1, -0.05) is 22.6 Å². The summed E-state index contributed by atoms with van der Waals surface area (Å²) in [6, 6.07) is 0. The van der Waals surface area contributed by atoms with Gasteiger partial charge < -0.3 is 5.73 Å². The minimum absolute atomic E-state index is 0.0260. The normalized spacial score (nSPS) is 15.4. The van der Waals surface area contributed by atoms with Gasteiger partial charge in [0, 0.05) is 11.0 Å². The Hall–Kier alpha value is 0.600. The van der Waals surface area contributed by atoms with E-state index in [4.69, 9.17) is 10.3 Å². The molecule has 9 heavy (non-hydrogen) atoms. The highest BCUT2D eigenvalue weighted by Crippen LogP contribution is 2.00. The molecule has 0 aliphatic rings. The number of alkyl halides is 1. The SMILES string of the molecule is NCC(CI)S(=O)(=O)O. The van der Waals surface area contributed by atoms with E-state index >= 15 is 0 Å². The summed E-state index contributed by atoms with van der Waals surface area (Å²) in [6.07, 6.45) is 0. The molecule has 1 atom stereocenters. The lowest BCUT2D eigenvalue weighted by Gasteiger charge is -2.04. The van der Waals surface area contributed by atoms with Crippen molar-refractivity contribution in [3.8, 4) is 0 Å². The molecule has 0 aromatic heterocycles. The van der Waals surface area contributed by atoms with E-state index < -0.39 is 15.4 Å². The molecule has 0 bridgehead atoms. The predicted molar refractivity (Wildman–Crippen MR) is 43.3 cm³/mol. The van der Waals surface area contributed by atoms with Crippen LogP contribution in [0.2, 0.25) is 0 Å². The zero-order valence-electron chi connectivity index (χ0n) is 4.62. The molecule has 3 N–H and O–H groups in total. The van der Waals surface area contributed by atoms with Gasteiger partial charge in [0.15, 0.2) is 0 Å². The number of halogens is 1. The largest absolute Gasteiger partial charge is 0.329 e. The molecule has 0 aromatic carbocycles. The zero-order chi connectivity index (χ0) is 7.49. The van der Waals surface area contributed by atoms with Crippen LogP contribution in [0.15, 0.2) is 0 Å². The first kappa shape index (κ1) is 9.60. The Morgan fingerprint density at radius 2 is 2.11 bits per heavy atom. The highest BCUT2D eigenvalue weighted by atomic mass is 127. The first-order valence-corrected chi connectivity index (χ1v) is 5.27. The smallest absolute Gasteiger partial charge is 0.269 e. The van der Waals surface area contributed by atoms with Gasteiger partial charge in [-0.05, 0) is 0 Å². The first-order chi connectivity index (χ1) is 4.02. The molecular weight excluding hydrogens is 257 g/mol. The van der Waals surface area contributed by atoms with Gasteiger partial charge >= 0.3 is 0 Å². The van der Waals surface area contributed by atoms with Gasteiger partial charge in [0.05, 0.1) is 0 Å². The summed E-state index contributed by atoms with van der Waals surface area (Å²) in [5.41, 5.74) is 5.03. The van der Waals surface area contributed by atoms with Gasteiger partial charge in [-0.25, -0.2) is 0 Å². The van der Waals surface area contributed by atoms with E-state index in [1.807, 2.05) is 22.6 Å². The fraction of sp³-hybridized carbons (Fsp3) is 1.00. The van der Waals surface area contributed by atoms with Gasteiger partial charge in [-0.15, -0.1) is 0 Å². The summed E-state index contributed by atoms with van der Waals surface area (Å²) in [7, 11) is -3.90. The van der Waals surface area contributed by atoms with Crippen molar-refractivity contribution < 1.29 is 13.0 Å². The predicted octanol–water partition coefficient (Wildman–Crippen LogP) is -0.363. The van der Waals surface area contributed by atoms with E-state index in [9.17, 15) is 8.42 Å². The Balaban J connectivity index is 4.14. The molecule has 0 aliphatic carbocycles. The number of hydrogen-bond acceptors (Lipinski definition) is 3. The Bertz CT molecular complexity index is 162. The molecule has 0 rings (SSSR count). The van der Waals surface area contributed by atoms with Crippen molar-refractivity contribution >= 4 is 32.7 Å². The van der Waals surface area contributed by atoms with Crippen LogP contribution in [0.1, 0.15) is 0 Å². The molecular formula is C3H8INO3S. The first-order valence-electron chi connectivity index (χ1n) is 2.24. The lowest BCUT2D eigenvalue weighted by Crippen LogP contribution is -2.30. The van der Waals surface area contributed by atoms with Crippen molar-refractivity contribution in [2.24, 2.45) is 5.73 Å². The third-order valence-electron chi connectivity index (χ3n) is 0.856. The van der Waals surface area contributed by atoms with Gasteiger partial charge in [-0.3, -0.25) is 4.55 Å². The molecule has 56 valence electrons. The van der Waals surface area contributed by atoms with Crippen molar-refractivity contribution in [3.05, 3.63) is 0 Å². The molecule has 0 amide bonds. The van der Waals surface area contributed by atoms with Crippen molar-refractivity contribution in [2.75, 3.05) is 11.0 Å². The minimum atomic E-state index is -3.90. The average Bonchev–Trinajstić information content (AvgIpc) is 1.65. The van der Waals surface area contributed by atoms with Crippen LogP contribution in [-0.4, -0.2) is 29.2 Å². The minimum Gasteiger partial charge on any atom is -0.329 e. The number of hydrogen-bond donors (Lipinski definition) is 2.